The van der Waals surface area contributed by atoms with E-state index in [1.165, 1.54) is 4.90 Å². The molecular weight excluding hydrogens is 322 g/mol. The Morgan fingerprint density at radius 3 is 2.64 bits per heavy atom. The van der Waals surface area contributed by atoms with Crippen LogP contribution in [0.25, 0.3) is 0 Å². The van der Waals surface area contributed by atoms with Crippen LogP contribution >= 0.6 is 0 Å². The molecule has 7 heteroatoms. The highest BCUT2D eigenvalue weighted by atomic mass is 16.5. The maximum Gasteiger partial charge on any atom is 0.322 e. The standard InChI is InChI=1S/C18H23N3O4/c1-5-8-21-10-13-15(17(21)22)16(19-18(23)20(13)2)12-9-11(24-3)6-7-14(12)25-4/h6-7,9,16H,5,8,10H2,1-4H3,(H,19,23)/t16-/m1/s1. The molecule has 0 saturated carbocycles. The number of carbonyl (C=O) groups is 2. The van der Waals surface area contributed by atoms with E-state index in [1.54, 1.807) is 44.4 Å². The van der Waals surface area contributed by atoms with Crippen LogP contribution < -0.4 is 14.8 Å². The molecule has 2 aliphatic rings. The molecule has 3 rings (SSSR count). The number of amides is 3. The van der Waals surface area contributed by atoms with E-state index >= 15 is 0 Å². The highest BCUT2D eigenvalue weighted by molar-refractivity contribution is 6.01. The number of carbonyl (C=O) groups excluding carboxylic acids is 2. The van der Waals surface area contributed by atoms with E-state index in [0.29, 0.717) is 35.7 Å². The second kappa shape index (κ2) is 6.66. The summed E-state index contributed by atoms with van der Waals surface area (Å²) in [6, 6.07) is 4.57. The van der Waals surface area contributed by atoms with Gasteiger partial charge in [0.05, 0.1) is 38.1 Å². The minimum atomic E-state index is -0.557. The van der Waals surface area contributed by atoms with Gasteiger partial charge in [0.15, 0.2) is 0 Å². The Kier molecular flexibility index (Phi) is 4.57. The fourth-order valence-corrected chi connectivity index (χ4v) is 3.37. The van der Waals surface area contributed by atoms with E-state index in [0.717, 1.165) is 12.1 Å². The largest absolute Gasteiger partial charge is 0.497 e. The van der Waals surface area contributed by atoms with Crippen LogP contribution in [0.4, 0.5) is 4.79 Å². The molecule has 1 aromatic carbocycles. The third kappa shape index (κ3) is 2.79. The maximum absolute atomic E-state index is 12.9. The van der Waals surface area contributed by atoms with Crippen molar-refractivity contribution in [3.8, 4) is 11.5 Å². The first kappa shape index (κ1) is 17.1. The molecule has 7 nitrogen and oxygen atoms in total. The number of urea groups is 1. The number of nitrogens with one attached hydrogen (secondary N) is 1. The van der Waals surface area contributed by atoms with Crippen molar-refractivity contribution in [2.45, 2.75) is 19.4 Å². The summed E-state index contributed by atoms with van der Waals surface area (Å²) >= 11 is 0. The van der Waals surface area contributed by atoms with Crippen LogP contribution in [0, 0.1) is 0 Å². The minimum absolute atomic E-state index is 0.0430. The van der Waals surface area contributed by atoms with Gasteiger partial charge in [-0.15, -0.1) is 0 Å². The molecule has 3 amide bonds. The van der Waals surface area contributed by atoms with Crippen molar-refractivity contribution in [1.29, 1.82) is 0 Å². The monoisotopic (exact) mass is 345 g/mol. The zero-order chi connectivity index (χ0) is 18.1. The molecule has 25 heavy (non-hydrogen) atoms. The Morgan fingerprint density at radius 2 is 2.00 bits per heavy atom. The molecular formula is C18H23N3O4. The first-order chi connectivity index (χ1) is 12.0. The van der Waals surface area contributed by atoms with Crippen LogP contribution in [0.2, 0.25) is 0 Å². The quantitative estimate of drug-likeness (QED) is 0.885. The van der Waals surface area contributed by atoms with Gasteiger partial charge in [-0.25, -0.2) is 4.79 Å². The third-order valence-corrected chi connectivity index (χ3v) is 4.68. The van der Waals surface area contributed by atoms with Gasteiger partial charge in [-0.2, -0.15) is 0 Å². The van der Waals surface area contributed by atoms with Crippen molar-refractivity contribution in [2.24, 2.45) is 0 Å². The lowest BCUT2D eigenvalue weighted by Crippen LogP contribution is -2.45. The van der Waals surface area contributed by atoms with Gasteiger partial charge in [0.2, 0.25) is 0 Å². The van der Waals surface area contributed by atoms with E-state index in [1.807, 2.05) is 6.92 Å². The van der Waals surface area contributed by atoms with E-state index < -0.39 is 6.04 Å². The summed E-state index contributed by atoms with van der Waals surface area (Å²) < 4.78 is 10.8. The van der Waals surface area contributed by atoms with E-state index in [2.05, 4.69) is 5.32 Å². The van der Waals surface area contributed by atoms with Gasteiger partial charge in [-0.1, -0.05) is 6.92 Å². The van der Waals surface area contributed by atoms with Crippen LogP contribution in [0.1, 0.15) is 24.9 Å². The Bertz CT molecular complexity index is 744. The van der Waals surface area contributed by atoms with Crippen molar-refractivity contribution >= 4 is 11.9 Å². The molecule has 0 spiro atoms. The summed E-state index contributed by atoms with van der Waals surface area (Å²) in [5.41, 5.74) is 2.06. The van der Waals surface area contributed by atoms with Crippen molar-refractivity contribution in [3.05, 3.63) is 35.0 Å². The number of benzene rings is 1. The van der Waals surface area contributed by atoms with Crippen molar-refractivity contribution in [1.82, 2.24) is 15.1 Å². The average Bonchev–Trinajstić information content (AvgIpc) is 2.95. The Hall–Kier alpha value is -2.70. The first-order valence-corrected chi connectivity index (χ1v) is 8.30. The molecule has 1 N–H and O–H groups in total. The number of ether oxygens (including phenoxy) is 2. The maximum atomic E-state index is 12.9. The van der Waals surface area contributed by atoms with Gasteiger partial charge >= 0.3 is 6.03 Å². The Morgan fingerprint density at radius 1 is 1.24 bits per heavy atom. The lowest BCUT2D eigenvalue weighted by molar-refractivity contribution is -0.125. The number of nitrogens with zero attached hydrogens (tertiary/aromatic N) is 2. The molecule has 0 radical (unpaired) electrons. The lowest BCUT2D eigenvalue weighted by atomic mass is 9.94. The number of methoxy groups -OCH3 is 2. The smallest absolute Gasteiger partial charge is 0.322 e. The molecule has 0 saturated heterocycles. The summed E-state index contributed by atoms with van der Waals surface area (Å²) in [5.74, 6) is 1.20. The molecule has 134 valence electrons. The normalized spacial score (nSPS) is 19.9. The summed E-state index contributed by atoms with van der Waals surface area (Å²) in [4.78, 5) is 28.7. The van der Waals surface area contributed by atoms with Crippen LogP contribution in [-0.4, -0.2) is 56.1 Å². The van der Waals surface area contributed by atoms with E-state index in [-0.39, 0.29) is 11.9 Å². The molecule has 0 bridgehead atoms. The zero-order valence-corrected chi connectivity index (χ0v) is 15.0. The van der Waals surface area contributed by atoms with Gasteiger partial charge in [-0.3, -0.25) is 9.69 Å². The summed E-state index contributed by atoms with van der Waals surface area (Å²) in [6.45, 7) is 3.14. The van der Waals surface area contributed by atoms with E-state index in [9.17, 15) is 9.59 Å². The van der Waals surface area contributed by atoms with Gasteiger partial charge < -0.3 is 19.7 Å². The highest BCUT2D eigenvalue weighted by Crippen LogP contribution is 2.40. The van der Waals surface area contributed by atoms with E-state index in [4.69, 9.17) is 9.47 Å². The molecule has 0 aliphatic carbocycles. The molecule has 0 fully saturated rings. The van der Waals surface area contributed by atoms with Gasteiger partial charge in [0.25, 0.3) is 5.91 Å². The van der Waals surface area contributed by atoms with Crippen molar-refractivity contribution in [3.63, 3.8) is 0 Å². The third-order valence-electron chi connectivity index (χ3n) is 4.68. The van der Waals surface area contributed by atoms with Gasteiger partial charge in [-0.05, 0) is 24.6 Å². The first-order valence-electron chi connectivity index (χ1n) is 8.30. The molecule has 2 aliphatic heterocycles. The van der Waals surface area contributed by atoms with Crippen molar-refractivity contribution in [2.75, 3.05) is 34.4 Å². The molecule has 0 aromatic heterocycles. The van der Waals surface area contributed by atoms with Crippen LogP contribution in [0.5, 0.6) is 11.5 Å². The summed E-state index contributed by atoms with van der Waals surface area (Å²) in [7, 11) is 4.83. The molecule has 2 heterocycles. The summed E-state index contributed by atoms with van der Waals surface area (Å²) in [5, 5.41) is 2.92. The Labute approximate surface area is 147 Å². The fourth-order valence-electron chi connectivity index (χ4n) is 3.37. The molecule has 1 aromatic rings. The average molecular weight is 345 g/mol. The van der Waals surface area contributed by atoms with Crippen LogP contribution in [-0.2, 0) is 4.79 Å². The SMILES string of the molecule is CCCN1CC2=C(C1=O)[C@@H](c1cc(OC)ccc1OC)NC(=O)N2C. The highest BCUT2D eigenvalue weighted by Gasteiger charge is 2.43. The van der Waals surface area contributed by atoms with Gasteiger partial charge in [0.1, 0.15) is 11.5 Å². The fraction of sp³-hybridized carbons (Fsp3) is 0.444. The van der Waals surface area contributed by atoms with Crippen molar-refractivity contribution < 1.29 is 19.1 Å². The topological polar surface area (TPSA) is 71.1 Å². The lowest BCUT2D eigenvalue weighted by Gasteiger charge is -2.31. The second-order valence-corrected chi connectivity index (χ2v) is 6.14. The number of hydrogen-bond acceptors (Lipinski definition) is 4. The zero-order valence-electron chi connectivity index (χ0n) is 15.0. The van der Waals surface area contributed by atoms with Crippen LogP contribution in [0.3, 0.4) is 0 Å². The summed E-state index contributed by atoms with van der Waals surface area (Å²) in [6.07, 6.45) is 0.866. The second-order valence-electron chi connectivity index (χ2n) is 6.14. The minimum Gasteiger partial charge on any atom is -0.497 e. The number of rotatable bonds is 5. The number of hydrogen-bond donors (Lipinski definition) is 1. The predicted molar refractivity (Wildman–Crippen MR) is 92.5 cm³/mol. The number of likely N-dealkylation sites (N-methyl/N-ethyl adjacent to an activating group) is 1. The Balaban J connectivity index is 2.10. The molecule has 0 unspecified atom stereocenters. The van der Waals surface area contributed by atoms with Crippen LogP contribution in [0.15, 0.2) is 29.5 Å². The van der Waals surface area contributed by atoms with Gasteiger partial charge in [0, 0.05) is 19.2 Å². The molecule has 1 atom stereocenters. The predicted octanol–water partition coefficient (Wildman–Crippen LogP) is 1.91.